The minimum atomic E-state index is -3.53. The van der Waals surface area contributed by atoms with E-state index >= 15 is 0 Å². The summed E-state index contributed by atoms with van der Waals surface area (Å²) in [4.78, 5) is 6.72. The maximum Gasteiger partial charge on any atom is 0.235 e. The lowest BCUT2D eigenvalue weighted by Crippen LogP contribution is -2.38. The molecule has 2 aliphatic heterocycles. The van der Waals surface area contributed by atoms with Crippen LogP contribution in [0.1, 0.15) is 29.9 Å². The van der Waals surface area contributed by atoms with Gasteiger partial charge in [-0.25, -0.2) is 17.9 Å². The van der Waals surface area contributed by atoms with Gasteiger partial charge in [0.25, 0.3) is 0 Å². The van der Waals surface area contributed by atoms with E-state index in [4.69, 9.17) is 10.7 Å². The molecule has 1 atom stereocenters. The first-order chi connectivity index (χ1) is 15.8. The van der Waals surface area contributed by atoms with E-state index in [-0.39, 0.29) is 5.92 Å². The van der Waals surface area contributed by atoms with Crippen LogP contribution >= 0.6 is 10.7 Å². The molecule has 0 saturated carbocycles. The van der Waals surface area contributed by atoms with Crippen LogP contribution < -0.4 is 4.90 Å². The maximum atomic E-state index is 11.6. The summed E-state index contributed by atoms with van der Waals surface area (Å²) >= 11 is 0. The van der Waals surface area contributed by atoms with E-state index in [0.29, 0.717) is 31.5 Å². The molecule has 0 amide bonds. The summed E-state index contributed by atoms with van der Waals surface area (Å²) in [7, 11) is 3.93. The number of halogens is 1. The van der Waals surface area contributed by atoms with E-state index in [9.17, 15) is 13.7 Å². The Kier molecular flexibility index (Phi) is 5.46. The monoisotopic (exact) mass is 483 g/mol. The van der Waals surface area contributed by atoms with Gasteiger partial charge in [0.2, 0.25) is 9.05 Å². The third-order valence-electron chi connectivity index (χ3n) is 6.31. The second kappa shape index (κ2) is 8.32. The summed E-state index contributed by atoms with van der Waals surface area (Å²) in [6.45, 7) is 1.94. The van der Waals surface area contributed by atoms with Crippen molar-refractivity contribution in [3.63, 3.8) is 0 Å². The third-order valence-corrected chi connectivity index (χ3v) is 8.33. The molecule has 1 unspecified atom stereocenters. The minimum absolute atomic E-state index is 0.139. The molecule has 1 saturated heterocycles. The van der Waals surface area contributed by atoms with Crippen LogP contribution in [0.2, 0.25) is 0 Å². The van der Waals surface area contributed by atoms with Gasteiger partial charge >= 0.3 is 0 Å². The maximum absolute atomic E-state index is 11.6. The lowest BCUT2D eigenvalue weighted by Gasteiger charge is -2.31. The van der Waals surface area contributed by atoms with E-state index in [1.54, 1.807) is 16.9 Å². The average Bonchev–Trinajstić information content (AvgIpc) is 3.44. The van der Waals surface area contributed by atoms with E-state index in [1.165, 1.54) is 0 Å². The van der Waals surface area contributed by atoms with Crippen LogP contribution in [0.4, 0.5) is 5.82 Å². The highest BCUT2D eigenvalue weighted by Gasteiger charge is 2.29. The molecule has 5 rings (SSSR count). The molecule has 170 valence electrons. The Morgan fingerprint density at radius 3 is 2.61 bits per heavy atom. The minimum Gasteiger partial charge on any atom is -0.357 e. The van der Waals surface area contributed by atoms with Gasteiger partial charge in [-0.15, -0.1) is 0 Å². The van der Waals surface area contributed by atoms with Gasteiger partial charge in [-0.1, -0.05) is 0 Å². The van der Waals surface area contributed by atoms with Gasteiger partial charge in [0.05, 0.1) is 22.5 Å². The zero-order valence-electron chi connectivity index (χ0n) is 18.0. The van der Waals surface area contributed by atoms with E-state index < -0.39 is 14.3 Å². The number of nitrogens with zero attached hydrogens (tertiary/aromatic N) is 7. The second-order valence-corrected chi connectivity index (χ2v) is 11.3. The highest BCUT2D eigenvalue weighted by molar-refractivity contribution is 8.14. The molecule has 11 heteroatoms. The molecular weight excluding hydrogens is 462 g/mol. The van der Waals surface area contributed by atoms with Crippen molar-refractivity contribution in [2.24, 2.45) is 5.10 Å². The fourth-order valence-electron chi connectivity index (χ4n) is 4.51. The molecule has 0 radical (unpaired) electrons. The zero-order chi connectivity index (χ0) is 23.2. The second-order valence-electron chi connectivity index (χ2n) is 8.43. The molecule has 0 spiro atoms. The Labute approximate surface area is 196 Å². The molecule has 0 aromatic carbocycles. The van der Waals surface area contributed by atoms with Crippen molar-refractivity contribution in [1.82, 2.24) is 19.6 Å². The highest BCUT2D eigenvalue weighted by atomic mass is 35.7. The van der Waals surface area contributed by atoms with Crippen LogP contribution in [-0.2, 0) is 9.05 Å². The summed E-state index contributed by atoms with van der Waals surface area (Å²) in [5.74, 6) is 0.925. The SMILES string of the molecule is CN1CC(c2cc(-c3ccc(N4CCC(S(=O)(=O)Cl)CC4)nc3)c3c(C#N)cnn3c2)C=N1. The van der Waals surface area contributed by atoms with Gasteiger partial charge < -0.3 is 4.90 Å². The number of piperidine rings is 1. The number of aromatic nitrogens is 3. The molecule has 3 aromatic heterocycles. The van der Waals surface area contributed by atoms with Gasteiger partial charge in [0, 0.05) is 73.0 Å². The number of nitriles is 1. The Morgan fingerprint density at radius 2 is 2.00 bits per heavy atom. The van der Waals surface area contributed by atoms with Crippen molar-refractivity contribution in [2.75, 3.05) is 31.6 Å². The first kappa shape index (κ1) is 21.7. The van der Waals surface area contributed by atoms with Gasteiger partial charge in [0.1, 0.15) is 11.9 Å². The summed E-state index contributed by atoms with van der Waals surface area (Å²) in [6, 6.07) is 8.23. The van der Waals surface area contributed by atoms with Gasteiger partial charge in [-0.2, -0.15) is 15.5 Å². The van der Waals surface area contributed by atoms with Crippen molar-refractivity contribution in [2.45, 2.75) is 24.0 Å². The lowest BCUT2D eigenvalue weighted by atomic mass is 9.97. The largest absolute Gasteiger partial charge is 0.357 e. The van der Waals surface area contributed by atoms with Gasteiger partial charge in [-0.3, -0.25) is 5.01 Å². The summed E-state index contributed by atoms with van der Waals surface area (Å²) in [5.41, 5.74) is 4.07. The Balaban J connectivity index is 1.47. The van der Waals surface area contributed by atoms with E-state index in [0.717, 1.165) is 34.6 Å². The fraction of sp³-hybridized carbons (Fsp3) is 0.364. The molecule has 2 aliphatic rings. The number of hydrazone groups is 1. The smallest absolute Gasteiger partial charge is 0.235 e. The number of hydrogen-bond donors (Lipinski definition) is 0. The standard InChI is InChI=1S/C22H22ClN7O2S/c1-28-13-18(12-26-28)16-8-20(22-17(9-24)11-27-30(22)14-16)15-2-3-21(25-10-15)29-6-4-19(5-7-29)33(23,31)32/h2-3,8,10-12,14,18-19H,4-7,13H2,1H3. The quantitative estimate of drug-likeness (QED) is 0.525. The van der Waals surface area contributed by atoms with Crippen LogP contribution in [0.25, 0.3) is 16.6 Å². The van der Waals surface area contributed by atoms with Crippen molar-refractivity contribution >= 4 is 37.3 Å². The summed E-state index contributed by atoms with van der Waals surface area (Å²) in [5, 5.41) is 19.7. The average molecular weight is 484 g/mol. The zero-order valence-corrected chi connectivity index (χ0v) is 19.5. The summed E-state index contributed by atoms with van der Waals surface area (Å²) in [6.07, 6.45) is 8.21. The molecule has 3 aromatic rings. The van der Waals surface area contributed by atoms with Crippen molar-refractivity contribution in [1.29, 1.82) is 5.26 Å². The molecule has 0 N–H and O–H groups in total. The van der Waals surface area contributed by atoms with Crippen molar-refractivity contribution in [3.8, 4) is 17.2 Å². The van der Waals surface area contributed by atoms with Crippen molar-refractivity contribution < 1.29 is 8.42 Å². The predicted molar refractivity (Wildman–Crippen MR) is 127 cm³/mol. The van der Waals surface area contributed by atoms with Gasteiger partial charge in [0.15, 0.2) is 0 Å². The van der Waals surface area contributed by atoms with Crippen LogP contribution in [0.15, 0.2) is 41.9 Å². The Morgan fingerprint density at radius 1 is 1.21 bits per heavy atom. The number of anilines is 1. The van der Waals surface area contributed by atoms with Crippen LogP contribution in [0.3, 0.4) is 0 Å². The van der Waals surface area contributed by atoms with Gasteiger partial charge in [-0.05, 0) is 36.6 Å². The van der Waals surface area contributed by atoms with E-state index in [1.807, 2.05) is 36.6 Å². The molecule has 33 heavy (non-hydrogen) atoms. The Hall–Kier alpha value is -3.16. The number of hydrogen-bond acceptors (Lipinski definition) is 8. The fourth-order valence-corrected chi connectivity index (χ4v) is 5.82. The number of pyridine rings is 2. The molecule has 9 nitrogen and oxygen atoms in total. The molecular formula is C22H22ClN7O2S. The molecule has 5 heterocycles. The third kappa shape index (κ3) is 4.14. The first-order valence-electron chi connectivity index (χ1n) is 10.6. The van der Waals surface area contributed by atoms with Crippen LogP contribution in [-0.4, -0.2) is 66.2 Å². The van der Waals surface area contributed by atoms with E-state index in [2.05, 4.69) is 32.2 Å². The lowest BCUT2D eigenvalue weighted by molar-refractivity contribution is 0.381. The predicted octanol–water partition coefficient (Wildman–Crippen LogP) is 2.82. The first-order valence-corrected chi connectivity index (χ1v) is 13.0. The highest BCUT2D eigenvalue weighted by Crippen LogP contribution is 2.32. The van der Waals surface area contributed by atoms with Crippen LogP contribution in [0.5, 0.6) is 0 Å². The molecule has 0 aliphatic carbocycles. The molecule has 0 bridgehead atoms. The van der Waals surface area contributed by atoms with Crippen molar-refractivity contribution in [3.05, 3.63) is 47.9 Å². The topological polar surface area (TPSA) is 107 Å². The number of fused-ring (bicyclic) bond motifs is 1. The Bertz CT molecular complexity index is 1370. The molecule has 1 fully saturated rings. The number of likely N-dealkylation sites (N-methyl/N-ethyl adjacent to an activating group) is 1. The normalized spacial score (nSPS) is 19.4. The number of rotatable bonds is 4. The van der Waals surface area contributed by atoms with Crippen LogP contribution in [0, 0.1) is 11.3 Å². The summed E-state index contributed by atoms with van der Waals surface area (Å²) < 4.78 is 24.9.